The lowest BCUT2D eigenvalue weighted by molar-refractivity contribution is -0.134. The summed E-state index contributed by atoms with van der Waals surface area (Å²) in [5.74, 6) is -2.51. The minimum atomic E-state index is -1.26. The number of nitrogens with one attached hydrogen (secondary N) is 1. The summed E-state index contributed by atoms with van der Waals surface area (Å²) >= 11 is 0. The van der Waals surface area contributed by atoms with Crippen LogP contribution in [0.15, 0.2) is 12.2 Å². The average Bonchev–Trinajstić information content (AvgIpc) is 2.28. The number of ether oxygens (including phenoxy) is 1. The van der Waals surface area contributed by atoms with Crippen LogP contribution in [0.25, 0.3) is 0 Å². The van der Waals surface area contributed by atoms with E-state index in [0.29, 0.717) is 12.2 Å². The number of aliphatic carboxylic acids is 2. The van der Waals surface area contributed by atoms with Crippen molar-refractivity contribution >= 4 is 11.9 Å². The van der Waals surface area contributed by atoms with Crippen LogP contribution in [-0.4, -0.2) is 59.7 Å². The molecular formula is C9H15NO6. The van der Waals surface area contributed by atoms with E-state index in [0.717, 1.165) is 19.7 Å². The lowest BCUT2D eigenvalue weighted by atomic mass is 10.3. The topological polar surface area (TPSA) is 116 Å². The van der Waals surface area contributed by atoms with Gasteiger partial charge in [-0.1, -0.05) is 0 Å². The van der Waals surface area contributed by atoms with Gasteiger partial charge in [0.2, 0.25) is 0 Å². The molecule has 16 heavy (non-hydrogen) atoms. The maximum absolute atomic E-state index is 9.55. The fraction of sp³-hybridized carbons (Fsp3) is 0.556. The molecule has 1 aliphatic rings. The van der Waals surface area contributed by atoms with E-state index in [1.165, 1.54) is 0 Å². The number of hydrogen-bond donors (Lipinski definition) is 4. The predicted octanol–water partition coefficient (Wildman–Crippen LogP) is -1.32. The molecule has 0 saturated carbocycles. The highest BCUT2D eigenvalue weighted by atomic mass is 16.5. The normalized spacial score (nSPS) is 19.9. The van der Waals surface area contributed by atoms with Gasteiger partial charge in [-0.3, -0.25) is 0 Å². The van der Waals surface area contributed by atoms with E-state index in [1.807, 2.05) is 0 Å². The zero-order valence-corrected chi connectivity index (χ0v) is 8.63. The largest absolute Gasteiger partial charge is 0.478 e. The summed E-state index contributed by atoms with van der Waals surface area (Å²) in [7, 11) is 0. The summed E-state index contributed by atoms with van der Waals surface area (Å²) in [6.45, 7) is 2.56. The summed E-state index contributed by atoms with van der Waals surface area (Å²) in [6, 6.07) is 0. The molecule has 1 atom stereocenters. The van der Waals surface area contributed by atoms with Crippen molar-refractivity contribution in [2.75, 3.05) is 26.3 Å². The molecule has 1 aliphatic heterocycles. The van der Waals surface area contributed by atoms with Crippen LogP contribution in [0.2, 0.25) is 0 Å². The summed E-state index contributed by atoms with van der Waals surface area (Å²) in [5.41, 5.74) is 0. The van der Waals surface area contributed by atoms with Crippen LogP contribution < -0.4 is 5.32 Å². The van der Waals surface area contributed by atoms with Gasteiger partial charge in [0, 0.05) is 25.2 Å². The van der Waals surface area contributed by atoms with Crippen molar-refractivity contribution in [1.82, 2.24) is 5.32 Å². The summed E-state index contributed by atoms with van der Waals surface area (Å²) in [4.78, 5) is 19.1. The van der Waals surface area contributed by atoms with Gasteiger partial charge in [0.1, 0.15) is 0 Å². The van der Waals surface area contributed by atoms with Crippen LogP contribution in [0.1, 0.15) is 0 Å². The minimum absolute atomic E-state index is 0.0312. The second-order valence-electron chi connectivity index (χ2n) is 2.89. The van der Waals surface area contributed by atoms with E-state index in [1.54, 1.807) is 0 Å². The molecule has 0 aromatic heterocycles. The third-order valence-electron chi connectivity index (χ3n) is 1.58. The molecular weight excluding hydrogens is 218 g/mol. The predicted molar refractivity (Wildman–Crippen MR) is 54.1 cm³/mol. The Morgan fingerprint density at radius 3 is 2.12 bits per heavy atom. The molecule has 0 aromatic rings. The number of carbonyl (C=O) groups is 2. The lowest BCUT2D eigenvalue weighted by Gasteiger charge is -2.21. The molecule has 4 N–H and O–H groups in total. The molecule has 0 unspecified atom stereocenters. The molecule has 0 amide bonds. The maximum Gasteiger partial charge on any atom is 0.328 e. The van der Waals surface area contributed by atoms with Gasteiger partial charge in [-0.05, 0) is 0 Å². The Labute approximate surface area is 92.3 Å². The van der Waals surface area contributed by atoms with Crippen molar-refractivity contribution in [3.63, 3.8) is 0 Å². The molecule has 0 radical (unpaired) electrons. The van der Waals surface area contributed by atoms with Crippen LogP contribution in [0.4, 0.5) is 0 Å². The highest BCUT2D eigenvalue weighted by molar-refractivity contribution is 5.89. The zero-order valence-electron chi connectivity index (χ0n) is 8.63. The van der Waals surface area contributed by atoms with Crippen molar-refractivity contribution in [3.8, 4) is 0 Å². The minimum Gasteiger partial charge on any atom is -0.478 e. The first kappa shape index (κ1) is 14.6. The Morgan fingerprint density at radius 2 is 1.88 bits per heavy atom. The van der Waals surface area contributed by atoms with Crippen LogP contribution >= 0.6 is 0 Å². The second kappa shape index (κ2) is 8.84. The quantitative estimate of drug-likeness (QED) is 0.447. The Balaban J connectivity index is 0.000000281. The van der Waals surface area contributed by atoms with Crippen molar-refractivity contribution in [1.29, 1.82) is 0 Å². The van der Waals surface area contributed by atoms with Crippen LogP contribution in [0.3, 0.4) is 0 Å². The molecule has 0 aromatic carbocycles. The molecule has 0 aliphatic carbocycles. The Kier molecular flexibility index (Phi) is 8.04. The van der Waals surface area contributed by atoms with Gasteiger partial charge >= 0.3 is 11.9 Å². The third-order valence-corrected chi connectivity index (χ3v) is 1.58. The van der Waals surface area contributed by atoms with Crippen molar-refractivity contribution < 1.29 is 29.6 Å². The van der Waals surface area contributed by atoms with Gasteiger partial charge in [0.15, 0.2) is 0 Å². The van der Waals surface area contributed by atoms with E-state index in [2.05, 4.69) is 5.32 Å². The van der Waals surface area contributed by atoms with Gasteiger partial charge in [0.05, 0.1) is 19.3 Å². The van der Waals surface area contributed by atoms with Gasteiger partial charge < -0.3 is 25.4 Å². The first-order valence-corrected chi connectivity index (χ1v) is 4.63. The Hall–Kier alpha value is -1.44. The maximum atomic E-state index is 9.55. The second-order valence-corrected chi connectivity index (χ2v) is 2.89. The zero-order chi connectivity index (χ0) is 12.4. The van der Waals surface area contributed by atoms with Crippen molar-refractivity contribution in [3.05, 3.63) is 12.2 Å². The molecule has 1 saturated heterocycles. The van der Waals surface area contributed by atoms with Crippen LogP contribution in [0.5, 0.6) is 0 Å². The Bertz CT molecular complexity index is 230. The van der Waals surface area contributed by atoms with Gasteiger partial charge in [-0.15, -0.1) is 0 Å². The van der Waals surface area contributed by atoms with E-state index in [9.17, 15) is 9.59 Å². The average molecular weight is 233 g/mol. The fourth-order valence-electron chi connectivity index (χ4n) is 0.880. The summed E-state index contributed by atoms with van der Waals surface area (Å²) in [5, 5.41) is 27.3. The highest BCUT2D eigenvalue weighted by Crippen LogP contribution is 1.92. The van der Waals surface area contributed by atoms with Crippen LogP contribution in [0, 0.1) is 0 Å². The third kappa shape index (κ3) is 9.13. The number of rotatable bonds is 3. The van der Waals surface area contributed by atoms with Gasteiger partial charge in [-0.25, -0.2) is 9.59 Å². The molecule has 1 fully saturated rings. The lowest BCUT2D eigenvalue weighted by Crippen LogP contribution is -2.40. The van der Waals surface area contributed by atoms with E-state index in [4.69, 9.17) is 20.1 Å². The SMILES string of the molecule is O=C(O)/C=C\C(=O)O.OC[C@H]1CNCCO1. The number of aliphatic hydroxyl groups is 1. The number of morpholine rings is 1. The molecule has 7 heteroatoms. The van der Waals surface area contributed by atoms with Crippen molar-refractivity contribution in [2.45, 2.75) is 6.10 Å². The van der Waals surface area contributed by atoms with Gasteiger partial charge in [-0.2, -0.15) is 0 Å². The number of aliphatic hydroxyl groups excluding tert-OH is 1. The first-order chi connectivity index (χ1) is 7.56. The molecule has 1 heterocycles. The molecule has 0 bridgehead atoms. The number of carboxylic acids is 2. The van der Waals surface area contributed by atoms with E-state index < -0.39 is 11.9 Å². The molecule has 0 spiro atoms. The number of carboxylic acid groups (broad SMARTS) is 2. The van der Waals surface area contributed by atoms with Crippen molar-refractivity contribution in [2.24, 2.45) is 0 Å². The molecule has 7 nitrogen and oxygen atoms in total. The molecule has 92 valence electrons. The molecule has 1 rings (SSSR count). The standard InChI is InChI=1S/C5H11NO2.C4H4O4/c7-4-5-3-6-1-2-8-5;5-3(6)1-2-4(7)8/h5-7H,1-4H2;1-2H,(H,5,6)(H,7,8)/b;2-1-/t5-;/m1./s1. The number of hydrogen-bond acceptors (Lipinski definition) is 5. The fourth-order valence-corrected chi connectivity index (χ4v) is 0.880. The summed E-state index contributed by atoms with van der Waals surface area (Å²) in [6.07, 6.45) is 1.15. The van der Waals surface area contributed by atoms with E-state index in [-0.39, 0.29) is 12.7 Å². The Morgan fingerprint density at radius 1 is 1.31 bits per heavy atom. The monoisotopic (exact) mass is 233 g/mol. The van der Waals surface area contributed by atoms with Crippen LogP contribution in [-0.2, 0) is 14.3 Å². The summed E-state index contributed by atoms with van der Waals surface area (Å²) < 4.78 is 5.11. The van der Waals surface area contributed by atoms with Gasteiger partial charge in [0.25, 0.3) is 0 Å². The first-order valence-electron chi connectivity index (χ1n) is 4.63. The highest BCUT2D eigenvalue weighted by Gasteiger charge is 2.10. The van der Waals surface area contributed by atoms with E-state index >= 15 is 0 Å². The smallest absolute Gasteiger partial charge is 0.328 e.